The first-order valence-corrected chi connectivity index (χ1v) is 11.5. The summed E-state index contributed by atoms with van der Waals surface area (Å²) in [5.41, 5.74) is 3.12. The number of hydrogen-bond donors (Lipinski definition) is 1. The molecule has 0 saturated carbocycles. The van der Waals surface area contributed by atoms with Crippen molar-refractivity contribution in [3.8, 4) is 5.75 Å². The Morgan fingerprint density at radius 1 is 1.06 bits per heavy atom. The van der Waals surface area contributed by atoms with Crippen molar-refractivity contribution < 1.29 is 19.4 Å². The predicted octanol–water partition coefficient (Wildman–Crippen LogP) is 3.95. The Balaban J connectivity index is 1.68. The van der Waals surface area contributed by atoms with E-state index >= 15 is 0 Å². The van der Waals surface area contributed by atoms with Crippen molar-refractivity contribution in [2.75, 3.05) is 27.2 Å². The fraction of sp³-hybridized carbons (Fsp3) is 0.250. The SMILES string of the molecule is Cc1cc(C(O)=C2C(=O)C(=O)N(CCN(C)C)[C@@H]2c2ccncc2)ccc1OCc1ccccc1. The van der Waals surface area contributed by atoms with Crippen LogP contribution in [0.3, 0.4) is 0 Å². The molecule has 7 nitrogen and oxygen atoms in total. The average Bonchev–Trinajstić information content (AvgIpc) is 3.12. The lowest BCUT2D eigenvalue weighted by Gasteiger charge is -2.26. The zero-order chi connectivity index (χ0) is 24.9. The molecule has 2 heterocycles. The number of carbonyl (C=O) groups excluding carboxylic acids is 2. The minimum atomic E-state index is -0.690. The smallest absolute Gasteiger partial charge is 0.295 e. The molecule has 0 unspecified atom stereocenters. The Kier molecular flexibility index (Phi) is 7.27. The number of Topliss-reactive ketones (excluding diaryl/α,β-unsaturated/α-hetero) is 1. The van der Waals surface area contributed by atoms with Crippen molar-refractivity contribution in [2.45, 2.75) is 19.6 Å². The van der Waals surface area contributed by atoms with Crippen molar-refractivity contribution in [3.05, 3.63) is 101 Å². The molecule has 1 amide bonds. The van der Waals surface area contributed by atoms with Gasteiger partial charge in [0.05, 0.1) is 11.6 Å². The number of likely N-dealkylation sites (N-methyl/N-ethyl adjacent to an activating group) is 1. The summed E-state index contributed by atoms with van der Waals surface area (Å²) in [6.07, 6.45) is 3.23. The van der Waals surface area contributed by atoms with E-state index in [1.807, 2.05) is 56.3 Å². The van der Waals surface area contributed by atoms with Gasteiger partial charge in [0, 0.05) is 31.0 Å². The fourth-order valence-corrected chi connectivity index (χ4v) is 4.16. The molecule has 4 rings (SSSR count). The number of likely N-dealkylation sites (tertiary alicyclic amines) is 1. The standard InChI is InChI=1S/C28H29N3O4/c1-19-17-22(9-10-23(19)35-18-20-7-5-4-6-8-20)26(32)24-25(21-11-13-29-14-12-21)31(16-15-30(2)3)28(34)27(24)33/h4-14,17,25,32H,15-16,18H2,1-3H3/t25-/m1/s1. The second-order valence-corrected chi connectivity index (χ2v) is 8.83. The van der Waals surface area contributed by atoms with Gasteiger partial charge in [-0.2, -0.15) is 0 Å². The summed E-state index contributed by atoms with van der Waals surface area (Å²) in [7, 11) is 3.81. The molecule has 7 heteroatoms. The van der Waals surface area contributed by atoms with Crippen LogP contribution in [0.5, 0.6) is 5.75 Å². The number of rotatable bonds is 8. The van der Waals surface area contributed by atoms with Crippen LogP contribution < -0.4 is 4.74 Å². The Bertz CT molecular complexity index is 1240. The summed E-state index contributed by atoms with van der Waals surface area (Å²) >= 11 is 0. The number of amides is 1. The summed E-state index contributed by atoms with van der Waals surface area (Å²) in [4.78, 5) is 33.6. The Morgan fingerprint density at radius 3 is 2.43 bits per heavy atom. The van der Waals surface area contributed by atoms with Crippen molar-refractivity contribution >= 4 is 17.4 Å². The second kappa shape index (κ2) is 10.5. The molecule has 0 bridgehead atoms. The van der Waals surface area contributed by atoms with E-state index in [2.05, 4.69) is 4.98 Å². The van der Waals surface area contributed by atoms with Gasteiger partial charge in [-0.3, -0.25) is 14.6 Å². The van der Waals surface area contributed by atoms with E-state index in [4.69, 9.17) is 4.74 Å². The highest BCUT2D eigenvalue weighted by atomic mass is 16.5. The number of ketones is 1. The van der Waals surface area contributed by atoms with Crippen LogP contribution in [0.1, 0.15) is 28.3 Å². The molecular formula is C28H29N3O4. The van der Waals surface area contributed by atoms with Crippen LogP contribution in [0.15, 0.2) is 78.6 Å². The zero-order valence-corrected chi connectivity index (χ0v) is 20.1. The number of aryl methyl sites for hydroxylation is 1. The van der Waals surface area contributed by atoms with Gasteiger partial charge >= 0.3 is 0 Å². The molecule has 1 aromatic heterocycles. The van der Waals surface area contributed by atoms with Crippen LogP contribution >= 0.6 is 0 Å². The normalized spacial score (nSPS) is 17.3. The molecule has 1 N–H and O–H groups in total. The van der Waals surface area contributed by atoms with Gasteiger partial charge in [0.1, 0.15) is 18.1 Å². The van der Waals surface area contributed by atoms with E-state index in [-0.39, 0.29) is 11.3 Å². The molecule has 1 saturated heterocycles. The lowest BCUT2D eigenvalue weighted by Crippen LogP contribution is -2.35. The first-order valence-electron chi connectivity index (χ1n) is 11.5. The van der Waals surface area contributed by atoms with E-state index in [0.717, 1.165) is 16.7 Å². The summed E-state index contributed by atoms with van der Waals surface area (Å²) in [5, 5.41) is 11.3. The second-order valence-electron chi connectivity index (χ2n) is 8.83. The molecule has 180 valence electrons. The third-order valence-corrected chi connectivity index (χ3v) is 6.04. The summed E-state index contributed by atoms with van der Waals surface area (Å²) in [6, 6.07) is 17.9. The molecule has 2 aromatic carbocycles. The Morgan fingerprint density at radius 2 is 1.77 bits per heavy atom. The van der Waals surface area contributed by atoms with Gasteiger partial charge in [0.15, 0.2) is 0 Å². The maximum atomic E-state index is 13.1. The number of ether oxygens (including phenoxy) is 1. The largest absolute Gasteiger partial charge is 0.507 e. The van der Waals surface area contributed by atoms with E-state index in [1.54, 1.807) is 42.7 Å². The number of aliphatic hydroxyl groups excluding tert-OH is 1. The lowest BCUT2D eigenvalue weighted by atomic mass is 9.95. The van der Waals surface area contributed by atoms with Crippen LogP contribution in [-0.2, 0) is 16.2 Å². The third kappa shape index (κ3) is 5.25. The molecule has 1 fully saturated rings. The summed E-state index contributed by atoms with van der Waals surface area (Å²) in [6.45, 7) is 3.24. The molecular weight excluding hydrogens is 442 g/mol. The molecule has 35 heavy (non-hydrogen) atoms. The zero-order valence-electron chi connectivity index (χ0n) is 20.1. The Hall–Kier alpha value is -3.97. The highest BCUT2D eigenvalue weighted by Gasteiger charge is 2.45. The first-order chi connectivity index (χ1) is 16.9. The summed E-state index contributed by atoms with van der Waals surface area (Å²) in [5.74, 6) is -0.822. The molecule has 0 aliphatic carbocycles. The van der Waals surface area contributed by atoms with Crippen molar-refractivity contribution in [1.82, 2.24) is 14.8 Å². The van der Waals surface area contributed by atoms with Gasteiger partial charge < -0.3 is 19.6 Å². The minimum Gasteiger partial charge on any atom is -0.507 e. The fourth-order valence-electron chi connectivity index (χ4n) is 4.16. The highest BCUT2D eigenvalue weighted by Crippen LogP contribution is 2.39. The van der Waals surface area contributed by atoms with Gasteiger partial charge in [-0.05, 0) is 68.0 Å². The van der Waals surface area contributed by atoms with E-state index in [0.29, 0.717) is 31.0 Å². The number of hydrogen-bond acceptors (Lipinski definition) is 6. The van der Waals surface area contributed by atoms with Crippen LogP contribution in [0, 0.1) is 6.92 Å². The van der Waals surface area contributed by atoms with E-state index < -0.39 is 17.7 Å². The molecule has 1 aliphatic rings. The molecule has 1 atom stereocenters. The lowest BCUT2D eigenvalue weighted by molar-refractivity contribution is -0.140. The van der Waals surface area contributed by atoms with Crippen LogP contribution in [0.25, 0.3) is 5.76 Å². The van der Waals surface area contributed by atoms with Gasteiger partial charge in [0.2, 0.25) is 0 Å². The molecule has 3 aromatic rings. The van der Waals surface area contributed by atoms with Gasteiger partial charge in [-0.25, -0.2) is 0 Å². The van der Waals surface area contributed by atoms with Crippen molar-refractivity contribution in [3.63, 3.8) is 0 Å². The van der Waals surface area contributed by atoms with Crippen LogP contribution in [0.2, 0.25) is 0 Å². The average molecular weight is 472 g/mol. The number of aromatic nitrogens is 1. The number of aliphatic hydroxyl groups is 1. The Labute approximate surface area is 205 Å². The summed E-state index contributed by atoms with van der Waals surface area (Å²) < 4.78 is 5.94. The predicted molar refractivity (Wildman–Crippen MR) is 134 cm³/mol. The van der Waals surface area contributed by atoms with Crippen molar-refractivity contribution in [2.24, 2.45) is 0 Å². The maximum Gasteiger partial charge on any atom is 0.295 e. The number of nitrogens with zero attached hydrogens (tertiary/aromatic N) is 3. The quantitative estimate of drug-likeness (QED) is 0.304. The van der Waals surface area contributed by atoms with Gasteiger partial charge in [0.25, 0.3) is 11.7 Å². The minimum absolute atomic E-state index is 0.0808. The van der Waals surface area contributed by atoms with Crippen LogP contribution in [-0.4, -0.2) is 58.8 Å². The monoisotopic (exact) mass is 471 g/mol. The molecule has 0 radical (unpaired) electrons. The molecule has 0 spiro atoms. The van der Waals surface area contributed by atoms with Crippen molar-refractivity contribution in [1.29, 1.82) is 0 Å². The topological polar surface area (TPSA) is 83.0 Å². The first kappa shape index (κ1) is 24.2. The number of pyridine rings is 1. The maximum absolute atomic E-state index is 13.1. The van der Waals surface area contributed by atoms with Crippen LogP contribution in [0.4, 0.5) is 0 Å². The van der Waals surface area contributed by atoms with Gasteiger partial charge in [-0.1, -0.05) is 30.3 Å². The molecule has 1 aliphatic heterocycles. The van der Waals surface area contributed by atoms with E-state index in [9.17, 15) is 14.7 Å². The van der Waals surface area contributed by atoms with Gasteiger partial charge in [-0.15, -0.1) is 0 Å². The van der Waals surface area contributed by atoms with E-state index in [1.165, 1.54) is 4.90 Å². The number of carbonyl (C=O) groups is 2. The highest BCUT2D eigenvalue weighted by molar-refractivity contribution is 6.46. The number of benzene rings is 2. The third-order valence-electron chi connectivity index (χ3n) is 6.04.